The van der Waals surface area contributed by atoms with Crippen molar-refractivity contribution in [2.24, 2.45) is 0 Å². The number of benzene rings is 1. The van der Waals surface area contributed by atoms with Crippen LogP contribution in [-0.4, -0.2) is 38.0 Å². The SMILES string of the molecule is CCOP(=O)(OCC)[C@@H](/C=C(/Cl)c1ccc(C)cc1)N(C)C. The smallest absolute Gasteiger partial charge is 0.308 e. The highest BCUT2D eigenvalue weighted by molar-refractivity contribution is 7.54. The van der Waals surface area contributed by atoms with Gasteiger partial charge in [-0.15, -0.1) is 0 Å². The van der Waals surface area contributed by atoms with Gasteiger partial charge in [0.1, 0.15) is 5.78 Å². The molecule has 1 aromatic rings. The van der Waals surface area contributed by atoms with Gasteiger partial charge in [-0.2, -0.15) is 0 Å². The Balaban J connectivity index is 3.16. The van der Waals surface area contributed by atoms with Crippen molar-refractivity contribution in [2.75, 3.05) is 27.3 Å². The third kappa shape index (κ3) is 5.22. The maximum absolute atomic E-state index is 13.0. The van der Waals surface area contributed by atoms with E-state index in [2.05, 4.69) is 0 Å². The molecule has 124 valence electrons. The molecule has 0 unspecified atom stereocenters. The largest absolute Gasteiger partial charge is 0.351 e. The number of nitrogens with zero attached hydrogens (tertiary/aromatic N) is 1. The minimum absolute atomic E-state index is 0.317. The third-order valence-corrected chi connectivity index (χ3v) is 5.93. The molecule has 0 aliphatic heterocycles. The Morgan fingerprint density at radius 3 is 2.14 bits per heavy atom. The molecule has 22 heavy (non-hydrogen) atoms. The summed E-state index contributed by atoms with van der Waals surface area (Å²) >= 11 is 6.41. The van der Waals surface area contributed by atoms with E-state index in [0.717, 1.165) is 11.1 Å². The van der Waals surface area contributed by atoms with Gasteiger partial charge in [0.05, 0.1) is 13.2 Å². The molecule has 0 aliphatic rings. The molecule has 0 aliphatic carbocycles. The van der Waals surface area contributed by atoms with Crippen molar-refractivity contribution >= 4 is 24.2 Å². The molecule has 0 saturated carbocycles. The summed E-state index contributed by atoms with van der Waals surface area (Å²) in [5, 5.41) is 0.526. The van der Waals surface area contributed by atoms with Crippen LogP contribution in [0.3, 0.4) is 0 Å². The van der Waals surface area contributed by atoms with E-state index < -0.39 is 13.4 Å². The first-order chi connectivity index (χ1) is 10.3. The number of aryl methyl sites for hydroxylation is 1. The average molecular weight is 346 g/mol. The van der Waals surface area contributed by atoms with Crippen molar-refractivity contribution < 1.29 is 13.6 Å². The van der Waals surface area contributed by atoms with Gasteiger partial charge in [0.2, 0.25) is 0 Å². The molecule has 0 spiro atoms. The van der Waals surface area contributed by atoms with E-state index in [1.807, 2.05) is 45.3 Å². The lowest BCUT2D eigenvalue weighted by Gasteiger charge is -2.29. The van der Waals surface area contributed by atoms with E-state index in [9.17, 15) is 4.57 Å². The number of halogens is 1. The van der Waals surface area contributed by atoms with E-state index in [-0.39, 0.29) is 0 Å². The molecule has 0 radical (unpaired) electrons. The summed E-state index contributed by atoms with van der Waals surface area (Å²) in [6.07, 6.45) is 1.73. The van der Waals surface area contributed by atoms with E-state index >= 15 is 0 Å². The lowest BCUT2D eigenvalue weighted by Crippen LogP contribution is -2.28. The van der Waals surface area contributed by atoms with E-state index in [1.165, 1.54) is 0 Å². The highest BCUT2D eigenvalue weighted by atomic mass is 35.5. The summed E-state index contributed by atoms with van der Waals surface area (Å²) in [4.78, 5) is 1.79. The first-order valence-electron chi connectivity index (χ1n) is 7.33. The van der Waals surface area contributed by atoms with Gasteiger partial charge in [-0.25, -0.2) is 0 Å². The fourth-order valence-electron chi connectivity index (χ4n) is 2.01. The van der Waals surface area contributed by atoms with Crippen LogP contribution in [0.2, 0.25) is 0 Å². The molecule has 0 bridgehead atoms. The van der Waals surface area contributed by atoms with Gasteiger partial charge >= 0.3 is 7.60 Å². The van der Waals surface area contributed by atoms with E-state index in [1.54, 1.807) is 24.8 Å². The molecule has 0 fully saturated rings. The zero-order valence-corrected chi connectivity index (χ0v) is 15.5. The maximum atomic E-state index is 13.0. The van der Waals surface area contributed by atoms with Gasteiger partial charge in [0.25, 0.3) is 0 Å². The van der Waals surface area contributed by atoms with Crippen LogP contribution in [0.5, 0.6) is 0 Å². The highest BCUT2D eigenvalue weighted by Crippen LogP contribution is 2.54. The van der Waals surface area contributed by atoms with Crippen LogP contribution in [0.15, 0.2) is 30.3 Å². The Morgan fingerprint density at radius 1 is 1.23 bits per heavy atom. The molecule has 1 rings (SSSR count). The Labute approximate surface area is 138 Å². The van der Waals surface area contributed by atoms with E-state index in [0.29, 0.717) is 18.2 Å². The molecule has 0 heterocycles. The Hall–Kier alpha value is -0.640. The predicted molar refractivity (Wildman–Crippen MR) is 93.3 cm³/mol. The number of hydrogen-bond donors (Lipinski definition) is 0. The summed E-state index contributed by atoms with van der Waals surface area (Å²) in [5.41, 5.74) is 2.03. The molecule has 0 saturated heterocycles. The van der Waals surface area contributed by atoms with Crippen molar-refractivity contribution in [3.8, 4) is 0 Å². The summed E-state index contributed by atoms with van der Waals surface area (Å²) in [5.74, 6) is -0.541. The van der Waals surface area contributed by atoms with Crippen LogP contribution >= 0.6 is 19.2 Å². The van der Waals surface area contributed by atoms with Gasteiger partial charge in [0, 0.05) is 5.03 Å². The van der Waals surface area contributed by atoms with Crippen LogP contribution < -0.4 is 0 Å². The molecular formula is C16H25ClNO3P. The van der Waals surface area contributed by atoms with Crippen molar-refractivity contribution in [1.82, 2.24) is 4.90 Å². The van der Waals surface area contributed by atoms with Gasteiger partial charge in [0.15, 0.2) is 0 Å². The second-order valence-electron chi connectivity index (χ2n) is 5.13. The lowest BCUT2D eigenvalue weighted by molar-refractivity contribution is 0.196. The topological polar surface area (TPSA) is 38.8 Å². The van der Waals surface area contributed by atoms with Gasteiger partial charge in [-0.1, -0.05) is 41.4 Å². The van der Waals surface area contributed by atoms with Crippen molar-refractivity contribution in [2.45, 2.75) is 26.6 Å². The minimum Gasteiger partial charge on any atom is -0.308 e. The monoisotopic (exact) mass is 345 g/mol. The molecule has 1 atom stereocenters. The Morgan fingerprint density at radius 2 is 1.73 bits per heavy atom. The zero-order valence-electron chi connectivity index (χ0n) is 13.9. The normalized spacial score (nSPS) is 14.4. The van der Waals surface area contributed by atoms with Gasteiger partial charge < -0.3 is 9.05 Å². The Bertz CT molecular complexity index is 533. The number of likely N-dealkylation sites (N-methyl/N-ethyl adjacent to an activating group) is 1. The molecule has 0 amide bonds. The molecule has 6 heteroatoms. The predicted octanol–water partition coefficient (Wildman–Crippen LogP) is 4.73. The standard InChI is InChI=1S/C16H25ClNO3P/c1-6-20-22(19,21-7-2)16(18(4)5)12-15(17)14-10-8-13(3)9-11-14/h8-12,16H,6-7H2,1-5H3/b15-12+/t16-/m0/s1. The maximum Gasteiger partial charge on any atom is 0.351 e. The Kier molecular flexibility index (Phi) is 7.81. The van der Waals surface area contributed by atoms with Crippen LogP contribution in [0.4, 0.5) is 0 Å². The number of hydrogen-bond acceptors (Lipinski definition) is 4. The quantitative estimate of drug-likeness (QED) is 0.638. The van der Waals surface area contributed by atoms with Crippen LogP contribution in [-0.2, 0) is 13.6 Å². The van der Waals surface area contributed by atoms with Gasteiger partial charge in [-0.05, 0) is 46.5 Å². The average Bonchev–Trinajstić information content (AvgIpc) is 2.45. The summed E-state index contributed by atoms with van der Waals surface area (Å²) in [6.45, 7) is 6.24. The number of rotatable bonds is 8. The molecule has 1 aromatic carbocycles. The lowest BCUT2D eigenvalue weighted by atomic mass is 10.1. The zero-order chi connectivity index (χ0) is 16.8. The first-order valence-corrected chi connectivity index (χ1v) is 9.32. The third-order valence-electron chi connectivity index (χ3n) is 3.09. The molecule has 0 aromatic heterocycles. The molecular weight excluding hydrogens is 321 g/mol. The minimum atomic E-state index is -3.30. The first kappa shape index (κ1) is 19.4. The van der Waals surface area contributed by atoms with Crippen LogP contribution in [0.1, 0.15) is 25.0 Å². The van der Waals surface area contributed by atoms with E-state index in [4.69, 9.17) is 20.6 Å². The van der Waals surface area contributed by atoms with Crippen LogP contribution in [0, 0.1) is 6.92 Å². The van der Waals surface area contributed by atoms with Crippen molar-refractivity contribution in [3.05, 3.63) is 41.5 Å². The fourth-order valence-corrected chi connectivity index (χ4v) is 4.34. The molecule has 4 nitrogen and oxygen atoms in total. The molecule has 0 N–H and O–H groups in total. The van der Waals surface area contributed by atoms with Crippen molar-refractivity contribution in [3.63, 3.8) is 0 Å². The summed E-state index contributed by atoms with van der Waals surface area (Å²) < 4.78 is 23.9. The van der Waals surface area contributed by atoms with Gasteiger partial charge in [-0.3, -0.25) is 9.46 Å². The van der Waals surface area contributed by atoms with Crippen molar-refractivity contribution in [1.29, 1.82) is 0 Å². The fraction of sp³-hybridized carbons (Fsp3) is 0.500. The second-order valence-corrected chi connectivity index (χ2v) is 7.67. The summed E-state index contributed by atoms with van der Waals surface area (Å²) in [7, 11) is 0.345. The van der Waals surface area contributed by atoms with Crippen LogP contribution in [0.25, 0.3) is 5.03 Å². The highest BCUT2D eigenvalue weighted by Gasteiger charge is 2.36. The second kappa shape index (κ2) is 8.85. The summed E-state index contributed by atoms with van der Waals surface area (Å²) in [6, 6.07) is 7.85.